The maximum atomic E-state index is 12.1. The summed E-state index contributed by atoms with van der Waals surface area (Å²) in [5, 5.41) is 9.03. The molecule has 0 aliphatic rings. The summed E-state index contributed by atoms with van der Waals surface area (Å²) in [5.74, 6) is -0.889. The number of ether oxygens (including phenoxy) is 1. The quantitative estimate of drug-likeness (QED) is 0.773. The summed E-state index contributed by atoms with van der Waals surface area (Å²) in [5.41, 5.74) is -0.458. The lowest BCUT2D eigenvalue weighted by atomic mass is 9.98. The highest BCUT2D eigenvalue weighted by molar-refractivity contribution is 5.72. The zero-order valence-corrected chi connectivity index (χ0v) is 12.7. The van der Waals surface area contributed by atoms with Gasteiger partial charge in [-0.15, -0.1) is 0 Å². The number of carboxylic acid groups (broad SMARTS) is 1. The molecule has 0 aliphatic carbocycles. The molecule has 5 nitrogen and oxygen atoms in total. The number of nitrogens with zero attached hydrogens (tertiary/aromatic N) is 1. The van der Waals surface area contributed by atoms with Crippen LogP contribution in [0.5, 0.6) is 0 Å². The van der Waals surface area contributed by atoms with Gasteiger partial charge in [0.1, 0.15) is 0 Å². The Hall–Kier alpha value is -1.26. The third-order valence-electron chi connectivity index (χ3n) is 2.85. The smallest absolute Gasteiger partial charge is 0.410 e. The Morgan fingerprint density at radius 3 is 2.21 bits per heavy atom. The van der Waals surface area contributed by atoms with Crippen molar-refractivity contribution in [3.8, 4) is 0 Å². The standard InChI is InChI=1S/C14H27NO4/c1-6-8-9-11(10-12(16)17)15(14(3,4)5)13(18)19-7-2/h11H,6-10H2,1-5H3,(H,16,17). The van der Waals surface area contributed by atoms with Crippen LogP contribution >= 0.6 is 0 Å². The van der Waals surface area contributed by atoms with Gasteiger partial charge >= 0.3 is 12.1 Å². The Labute approximate surface area is 115 Å². The van der Waals surface area contributed by atoms with Gasteiger partial charge in [-0.25, -0.2) is 4.79 Å². The third kappa shape index (κ3) is 6.45. The van der Waals surface area contributed by atoms with Gasteiger partial charge in [-0.2, -0.15) is 0 Å². The summed E-state index contributed by atoms with van der Waals surface area (Å²) in [6.45, 7) is 9.76. The van der Waals surface area contributed by atoms with E-state index in [9.17, 15) is 9.59 Å². The van der Waals surface area contributed by atoms with Crippen LogP contribution in [0.4, 0.5) is 4.79 Å². The van der Waals surface area contributed by atoms with Gasteiger partial charge in [0.15, 0.2) is 0 Å². The summed E-state index contributed by atoms with van der Waals surface area (Å²) in [6, 6.07) is -0.323. The number of carbonyl (C=O) groups is 2. The topological polar surface area (TPSA) is 66.8 Å². The summed E-state index contributed by atoms with van der Waals surface area (Å²) in [4.78, 5) is 24.7. The van der Waals surface area contributed by atoms with E-state index in [1.807, 2.05) is 27.7 Å². The lowest BCUT2D eigenvalue weighted by molar-refractivity contribution is -0.138. The van der Waals surface area contributed by atoms with Crippen LogP contribution in [0.3, 0.4) is 0 Å². The molecule has 0 bridgehead atoms. The fraction of sp³-hybridized carbons (Fsp3) is 0.857. The number of amides is 1. The lowest BCUT2D eigenvalue weighted by Crippen LogP contribution is -2.52. The van der Waals surface area contributed by atoms with Crippen LogP contribution in [0.1, 0.15) is 60.3 Å². The second kappa shape index (κ2) is 8.02. The van der Waals surface area contributed by atoms with Gasteiger partial charge in [-0.1, -0.05) is 19.8 Å². The summed E-state index contributed by atoms with van der Waals surface area (Å²) in [6.07, 6.45) is 2.06. The Morgan fingerprint density at radius 2 is 1.84 bits per heavy atom. The Morgan fingerprint density at radius 1 is 1.26 bits per heavy atom. The average molecular weight is 273 g/mol. The molecule has 0 aromatic rings. The zero-order valence-electron chi connectivity index (χ0n) is 12.7. The maximum absolute atomic E-state index is 12.1. The van der Waals surface area contributed by atoms with E-state index in [4.69, 9.17) is 9.84 Å². The highest BCUT2D eigenvalue weighted by Gasteiger charge is 2.35. The van der Waals surface area contributed by atoms with Crippen molar-refractivity contribution in [2.24, 2.45) is 0 Å². The second-order valence-electron chi connectivity index (χ2n) is 5.63. The molecule has 0 aliphatic heterocycles. The van der Waals surface area contributed by atoms with E-state index in [2.05, 4.69) is 0 Å². The normalized spacial score (nSPS) is 12.9. The molecule has 0 rings (SSSR count). The number of hydrogen-bond donors (Lipinski definition) is 1. The van der Waals surface area contributed by atoms with Crippen molar-refractivity contribution in [2.45, 2.75) is 71.9 Å². The van der Waals surface area contributed by atoms with Crippen LogP contribution in [0, 0.1) is 0 Å². The molecule has 1 unspecified atom stereocenters. The van der Waals surface area contributed by atoms with Crippen molar-refractivity contribution in [1.29, 1.82) is 0 Å². The first kappa shape index (κ1) is 17.7. The van der Waals surface area contributed by atoms with Gasteiger partial charge in [-0.05, 0) is 34.1 Å². The first-order valence-corrected chi connectivity index (χ1v) is 6.91. The number of carbonyl (C=O) groups excluding carboxylic acids is 1. The van der Waals surface area contributed by atoms with E-state index < -0.39 is 17.6 Å². The van der Waals surface area contributed by atoms with Crippen LogP contribution in [0.2, 0.25) is 0 Å². The number of aliphatic carboxylic acids is 1. The number of unbranched alkanes of at least 4 members (excludes halogenated alkanes) is 1. The molecule has 5 heteroatoms. The minimum Gasteiger partial charge on any atom is -0.481 e. The van der Waals surface area contributed by atoms with E-state index in [1.165, 1.54) is 0 Å². The SMILES string of the molecule is CCCCC(CC(=O)O)N(C(=O)OCC)C(C)(C)C. The van der Waals surface area contributed by atoms with Gasteiger partial charge in [0.05, 0.1) is 13.0 Å². The Bertz CT molecular complexity index is 296. The highest BCUT2D eigenvalue weighted by Crippen LogP contribution is 2.24. The predicted octanol–water partition coefficient (Wildman–Crippen LogP) is 3.28. The fourth-order valence-corrected chi connectivity index (χ4v) is 2.13. The number of rotatable bonds is 7. The molecule has 19 heavy (non-hydrogen) atoms. The summed E-state index contributed by atoms with van der Waals surface area (Å²) >= 11 is 0. The summed E-state index contributed by atoms with van der Waals surface area (Å²) in [7, 11) is 0. The fourth-order valence-electron chi connectivity index (χ4n) is 2.13. The van der Waals surface area contributed by atoms with Crippen LogP contribution in [-0.4, -0.2) is 40.3 Å². The molecular formula is C14H27NO4. The second-order valence-corrected chi connectivity index (χ2v) is 5.63. The van der Waals surface area contributed by atoms with Gasteiger partial charge < -0.3 is 9.84 Å². The van der Waals surface area contributed by atoms with E-state index >= 15 is 0 Å². The molecule has 0 fully saturated rings. The molecule has 1 amide bonds. The largest absolute Gasteiger partial charge is 0.481 e. The molecular weight excluding hydrogens is 246 g/mol. The minimum absolute atomic E-state index is 0.0456. The molecule has 0 saturated carbocycles. The van der Waals surface area contributed by atoms with Crippen LogP contribution in [-0.2, 0) is 9.53 Å². The van der Waals surface area contributed by atoms with E-state index in [0.717, 1.165) is 12.8 Å². The molecule has 0 aromatic heterocycles. The van der Waals surface area contributed by atoms with Crippen molar-refractivity contribution in [2.75, 3.05) is 6.61 Å². The van der Waals surface area contributed by atoms with Crippen LogP contribution in [0.15, 0.2) is 0 Å². The maximum Gasteiger partial charge on any atom is 0.410 e. The van der Waals surface area contributed by atoms with E-state index in [1.54, 1.807) is 11.8 Å². The van der Waals surface area contributed by atoms with E-state index in [-0.39, 0.29) is 12.5 Å². The van der Waals surface area contributed by atoms with Crippen molar-refractivity contribution >= 4 is 12.1 Å². The van der Waals surface area contributed by atoms with Crippen LogP contribution < -0.4 is 0 Å². The molecule has 0 saturated heterocycles. The molecule has 0 radical (unpaired) electrons. The van der Waals surface area contributed by atoms with Gasteiger partial charge in [-0.3, -0.25) is 9.69 Å². The first-order valence-electron chi connectivity index (χ1n) is 6.91. The molecule has 0 aromatic carbocycles. The first-order chi connectivity index (χ1) is 8.73. The Balaban J connectivity index is 5.10. The van der Waals surface area contributed by atoms with Crippen molar-refractivity contribution in [3.63, 3.8) is 0 Å². The Kier molecular flexibility index (Phi) is 7.49. The molecule has 1 atom stereocenters. The zero-order chi connectivity index (χ0) is 15.1. The van der Waals surface area contributed by atoms with Crippen molar-refractivity contribution in [1.82, 2.24) is 4.90 Å². The third-order valence-corrected chi connectivity index (χ3v) is 2.85. The highest BCUT2D eigenvalue weighted by atomic mass is 16.6. The lowest BCUT2D eigenvalue weighted by Gasteiger charge is -2.40. The van der Waals surface area contributed by atoms with Gasteiger partial charge in [0.25, 0.3) is 0 Å². The predicted molar refractivity (Wildman–Crippen MR) is 74.2 cm³/mol. The van der Waals surface area contributed by atoms with Gasteiger partial charge in [0, 0.05) is 11.6 Å². The van der Waals surface area contributed by atoms with E-state index in [0.29, 0.717) is 13.0 Å². The van der Waals surface area contributed by atoms with Gasteiger partial charge in [0.2, 0.25) is 0 Å². The number of hydrogen-bond acceptors (Lipinski definition) is 3. The number of carboxylic acids is 1. The van der Waals surface area contributed by atoms with Crippen molar-refractivity contribution in [3.05, 3.63) is 0 Å². The monoisotopic (exact) mass is 273 g/mol. The average Bonchev–Trinajstić information content (AvgIpc) is 2.23. The molecule has 0 spiro atoms. The van der Waals surface area contributed by atoms with Crippen molar-refractivity contribution < 1.29 is 19.4 Å². The molecule has 0 heterocycles. The molecule has 112 valence electrons. The van der Waals surface area contributed by atoms with Crippen LogP contribution in [0.25, 0.3) is 0 Å². The minimum atomic E-state index is -0.889. The summed E-state index contributed by atoms with van der Waals surface area (Å²) < 4.78 is 5.07. The molecule has 1 N–H and O–H groups in total.